The molecule has 1 heterocycles. The Morgan fingerprint density at radius 2 is 1.79 bits per heavy atom. The normalized spacial score (nSPS) is 19.5. The van der Waals surface area contributed by atoms with Crippen molar-refractivity contribution in [3.05, 3.63) is 99.7 Å². The Morgan fingerprint density at radius 3 is 2.52 bits per heavy atom. The Morgan fingerprint density at radius 1 is 1.00 bits per heavy atom. The van der Waals surface area contributed by atoms with Crippen molar-refractivity contribution in [2.75, 3.05) is 24.4 Å². The number of ketones is 1. The number of Topliss-reactive ketones (excluding diaryl/α,β-unsaturated/α-hetero) is 1. The molecule has 218 valence electrons. The van der Waals surface area contributed by atoms with Crippen molar-refractivity contribution in [3.8, 4) is 11.5 Å². The smallest absolute Gasteiger partial charge is 0.269 e. The molecule has 1 N–H and O–H groups in total. The van der Waals surface area contributed by atoms with Crippen molar-refractivity contribution in [3.63, 3.8) is 0 Å². The van der Waals surface area contributed by atoms with Gasteiger partial charge in [0.05, 0.1) is 42.5 Å². The number of nitro groups is 1. The van der Waals surface area contributed by atoms with Crippen molar-refractivity contribution < 1.29 is 24.0 Å². The van der Waals surface area contributed by atoms with E-state index in [0.29, 0.717) is 40.6 Å². The van der Waals surface area contributed by atoms with Gasteiger partial charge in [0.15, 0.2) is 11.5 Å². The first kappa shape index (κ1) is 28.9. The monoisotopic (exact) mass is 569 g/mol. The molecule has 1 amide bonds. The van der Waals surface area contributed by atoms with Crippen LogP contribution in [0.15, 0.2) is 78.5 Å². The van der Waals surface area contributed by atoms with E-state index in [1.807, 2.05) is 48.5 Å². The molecule has 9 nitrogen and oxygen atoms in total. The SMILES string of the molecule is CCCCCC(=O)N1c2ccccc2NC2=C[C@H](c3cccc([N+](=O)[O-])c3)CC(=O)[C@H]2[C@@H]1c1ccc(OC)c(OC)c1. The van der Waals surface area contributed by atoms with Crippen LogP contribution < -0.4 is 19.7 Å². The van der Waals surface area contributed by atoms with Crippen LogP contribution in [0.2, 0.25) is 0 Å². The Balaban J connectivity index is 1.69. The van der Waals surface area contributed by atoms with Crippen molar-refractivity contribution >= 4 is 28.8 Å². The van der Waals surface area contributed by atoms with Crippen LogP contribution in [-0.4, -0.2) is 30.8 Å². The van der Waals surface area contributed by atoms with Crippen molar-refractivity contribution in [1.29, 1.82) is 0 Å². The van der Waals surface area contributed by atoms with Crippen molar-refractivity contribution in [2.24, 2.45) is 5.92 Å². The van der Waals surface area contributed by atoms with Crippen LogP contribution in [-0.2, 0) is 9.59 Å². The van der Waals surface area contributed by atoms with E-state index < -0.39 is 16.9 Å². The predicted molar refractivity (Wildman–Crippen MR) is 161 cm³/mol. The van der Waals surface area contributed by atoms with Gasteiger partial charge < -0.3 is 19.7 Å². The van der Waals surface area contributed by atoms with Gasteiger partial charge in [-0.15, -0.1) is 0 Å². The first-order valence-corrected chi connectivity index (χ1v) is 14.2. The number of unbranched alkanes of at least 4 members (excludes halogenated alkanes) is 2. The zero-order valence-corrected chi connectivity index (χ0v) is 24.0. The number of benzene rings is 3. The number of methoxy groups -OCH3 is 2. The molecule has 5 rings (SSSR count). The molecule has 0 fully saturated rings. The standard InChI is InChI=1S/C33H35N3O6/c1-4-5-6-14-31(38)35-27-13-8-7-12-25(27)34-26-18-23(21-10-9-11-24(17-21)36(39)40)19-28(37)32(26)33(35)22-15-16-29(41-2)30(20-22)42-3/h7-13,15-18,20,23,32-34H,4-6,14,19H2,1-3H3/t23-,32-,33-/m0/s1. The van der Waals surface area contributed by atoms with Crippen molar-refractivity contribution in [1.82, 2.24) is 0 Å². The fourth-order valence-electron chi connectivity index (χ4n) is 6.00. The fraction of sp³-hybridized carbons (Fsp3) is 0.333. The average molecular weight is 570 g/mol. The first-order valence-electron chi connectivity index (χ1n) is 14.2. The molecule has 0 saturated carbocycles. The molecule has 1 aliphatic carbocycles. The summed E-state index contributed by atoms with van der Waals surface area (Å²) in [5.74, 6) is -0.127. The van der Waals surface area contributed by atoms with Crippen LogP contribution >= 0.6 is 0 Å². The fourth-order valence-corrected chi connectivity index (χ4v) is 6.00. The van der Waals surface area contributed by atoms with Crippen LogP contribution in [0.5, 0.6) is 11.5 Å². The number of allylic oxidation sites excluding steroid dienone is 1. The lowest BCUT2D eigenvalue weighted by Gasteiger charge is -2.38. The third-order valence-corrected chi connectivity index (χ3v) is 8.04. The number of non-ortho nitro benzene ring substituents is 1. The van der Waals surface area contributed by atoms with E-state index in [2.05, 4.69) is 12.2 Å². The van der Waals surface area contributed by atoms with E-state index in [-0.39, 0.29) is 29.7 Å². The number of nitrogens with one attached hydrogen (secondary N) is 1. The van der Waals surface area contributed by atoms with Gasteiger partial charge in [-0.05, 0) is 41.8 Å². The highest BCUT2D eigenvalue weighted by molar-refractivity contribution is 6.01. The molecule has 0 unspecified atom stereocenters. The molecule has 2 aliphatic rings. The Kier molecular flexibility index (Phi) is 8.56. The lowest BCUT2D eigenvalue weighted by molar-refractivity contribution is -0.384. The summed E-state index contributed by atoms with van der Waals surface area (Å²) in [4.78, 5) is 41.1. The minimum absolute atomic E-state index is 0.0216. The van der Waals surface area contributed by atoms with Crippen molar-refractivity contribution in [2.45, 2.75) is 51.0 Å². The second-order valence-corrected chi connectivity index (χ2v) is 10.7. The summed E-state index contributed by atoms with van der Waals surface area (Å²) in [5, 5.41) is 14.9. The number of nitro benzene ring substituents is 1. The third kappa shape index (κ3) is 5.59. The lowest BCUT2D eigenvalue weighted by Crippen LogP contribution is -2.42. The number of para-hydroxylation sites is 2. The van der Waals surface area contributed by atoms with Gasteiger partial charge in [0.2, 0.25) is 5.91 Å². The van der Waals surface area contributed by atoms with E-state index in [1.54, 1.807) is 31.3 Å². The summed E-state index contributed by atoms with van der Waals surface area (Å²) in [6.45, 7) is 2.09. The number of amides is 1. The van der Waals surface area contributed by atoms with Gasteiger partial charge in [-0.1, -0.05) is 56.2 Å². The number of carbonyl (C=O) groups is 2. The van der Waals surface area contributed by atoms with Gasteiger partial charge in [0, 0.05) is 36.6 Å². The molecule has 3 aromatic rings. The minimum Gasteiger partial charge on any atom is -0.493 e. The maximum atomic E-state index is 14.2. The molecule has 9 heteroatoms. The molecule has 3 atom stereocenters. The number of hydrogen-bond acceptors (Lipinski definition) is 7. The molecule has 0 spiro atoms. The van der Waals surface area contributed by atoms with Gasteiger partial charge in [-0.2, -0.15) is 0 Å². The summed E-state index contributed by atoms with van der Waals surface area (Å²) in [5.41, 5.74) is 3.48. The topological polar surface area (TPSA) is 111 Å². The second-order valence-electron chi connectivity index (χ2n) is 10.7. The Hall–Kier alpha value is -4.66. The molecular formula is C33H35N3O6. The molecular weight excluding hydrogens is 534 g/mol. The van der Waals surface area contributed by atoms with E-state index in [9.17, 15) is 19.7 Å². The third-order valence-electron chi connectivity index (χ3n) is 8.04. The number of rotatable bonds is 9. The molecule has 0 aromatic heterocycles. The highest BCUT2D eigenvalue weighted by atomic mass is 16.6. The number of carbonyl (C=O) groups excluding carboxylic acids is 2. The predicted octanol–water partition coefficient (Wildman–Crippen LogP) is 6.95. The molecule has 1 aliphatic heterocycles. The number of hydrogen-bond donors (Lipinski definition) is 1. The summed E-state index contributed by atoms with van der Waals surface area (Å²) < 4.78 is 11.1. The van der Waals surface area contributed by atoms with Gasteiger partial charge in [-0.25, -0.2) is 0 Å². The first-order chi connectivity index (χ1) is 20.4. The van der Waals surface area contributed by atoms with Crippen LogP contribution in [0.3, 0.4) is 0 Å². The summed E-state index contributed by atoms with van der Waals surface area (Å²) in [7, 11) is 3.12. The second kappa shape index (κ2) is 12.5. The van der Waals surface area contributed by atoms with E-state index >= 15 is 0 Å². The molecule has 0 saturated heterocycles. The molecule has 0 bridgehead atoms. The summed E-state index contributed by atoms with van der Waals surface area (Å²) in [6, 6.07) is 18.8. The van der Waals surface area contributed by atoms with Crippen LogP contribution in [0.25, 0.3) is 0 Å². The summed E-state index contributed by atoms with van der Waals surface area (Å²) >= 11 is 0. The number of anilines is 2. The lowest BCUT2D eigenvalue weighted by atomic mass is 9.76. The average Bonchev–Trinajstić information content (AvgIpc) is 3.15. The van der Waals surface area contributed by atoms with E-state index in [4.69, 9.17) is 9.47 Å². The zero-order chi connectivity index (χ0) is 29.8. The van der Waals surface area contributed by atoms with Gasteiger partial charge in [0.1, 0.15) is 5.78 Å². The van der Waals surface area contributed by atoms with E-state index in [0.717, 1.165) is 24.8 Å². The number of fused-ring (bicyclic) bond motifs is 2. The Bertz CT molecular complexity index is 1530. The molecule has 42 heavy (non-hydrogen) atoms. The molecule has 0 radical (unpaired) electrons. The number of ether oxygens (including phenoxy) is 2. The Labute approximate surface area is 245 Å². The minimum atomic E-state index is -0.694. The van der Waals surface area contributed by atoms with Crippen LogP contribution in [0.4, 0.5) is 17.1 Å². The maximum absolute atomic E-state index is 14.2. The van der Waals surface area contributed by atoms with E-state index in [1.165, 1.54) is 12.1 Å². The van der Waals surface area contributed by atoms with Gasteiger partial charge in [-0.3, -0.25) is 19.7 Å². The quantitative estimate of drug-likeness (QED) is 0.169. The van der Waals surface area contributed by atoms with Crippen LogP contribution in [0.1, 0.15) is 62.1 Å². The summed E-state index contributed by atoms with van der Waals surface area (Å²) in [6.07, 6.45) is 5.14. The molecule has 3 aromatic carbocycles. The largest absolute Gasteiger partial charge is 0.493 e. The zero-order valence-electron chi connectivity index (χ0n) is 24.0. The van der Waals surface area contributed by atoms with Crippen LogP contribution in [0, 0.1) is 16.0 Å². The van der Waals surface area contributed by atoms with Gasteiger partial charge >= 0.3 is 0 Å². The number of nitrogens with zero attached hydrogens (tertiary/aromatic N) is 2. The highest BCUT2D eigenvalue weighted by Crippen LogP contribution is 2.49. The maximum Gasteiger partial charge on any atom is 0.269 e. The highest BCUT2D eigenvalue weighted by Gasteiger charge is 2.45. The van der Waals surface area contributed by atoms with Gasteiger partial charge in [0.25, 0.3) is 5.69 Å².